The van der Waals surface area contributed by atoms with E-state index in [0.717, 1.165) is 54.9 Å². The number of likely N-dealkylation sites (tertiary alicyclic amines) is 1. The summed E-state index contributed by atoms with van der Waals surface area (Å²) >= 11 is 1.66. The molecular formula is C24H33N3O3S. The second-order valence-electron chi connectivity index (χ2n) is 8.91. The van der Waals surface area contributed by atoms with Crippen molar-refractivity contribution in [1.29, 1.82) is 0 Å². The summed E-state index contributed by atoms with van der Waals surface area (Å²) < 4.78 is 10.6. The van der Waals surface area contributed by atoms with Crippen molar-refractivity contribution in [3.8, 4) is 10.6 Å². The van der Waals surface area contributed by atoms with Crippen LogP contribution in [0.5, 0.6) is 0 Å². The number of methoxy groups -OCH3 is 1. The molecule has 2 atom stereocenters. The van der Waals surface area contributed by atoms with Crippen LogP contribution in [0.2, 0.25) is 0 Å². The quantitative estimate of drug-likeness (QED) is 0.631. The molecule has 0 radical (unpaired) electrons. The van der Waals surface area contributed by atoms with Crippen LogP contribution < -0.4 is 0 Å². The number of aromatic nitrogens is 1. The van der Waals surface area contributed by atoms with Crippen LogP contribution in [0.3, 0.4) is 0 Å². The van der Waals surface area contributed by atoms with Crippen molar-refractivity contribution in [2.75, 3.05) is 39.8 Å². The van der Waals surface area contributed by atoms with Gasteiger partial charge in [-0.05, 0) is 57.8 Å². The van der Waals surface area contributed by atoms with Crippen LogP contribution in [-0.2, 0) is 16.0 Å². The van der Waals surface area contributed by atoms with Crippen molar-refractivity contribution in [1.82, 2.24) is 14.8 Å². The van der Waals surface area contributed by atoms with Gasteiger partial charge in [-0.1, -0.05) is 12.1 Å². The van der Waals surface area contributed by atoms with E-state index in [2.05, 4.69) is 29.0 Å². The van der Waals surface area contributed by atoms with Crippen LogP contribution in [0.1, 0.15) is 42.7 Å². The van der Waals surface area contributed by atoms with Crippen LogP contribution in [0.15, 0.2) is 29.6 Å². The first-order valence-corrected chi connectivity index (χ1v) is 12.1. The number of rotatable bonds is 6. The number of nitrogens with zero attached hydrogens (tertiary/aromatic N) is 3. The minimum absolute atomic E-state index is 0.313. The summed E-state index contributed by atoms with van der Waals surface area (Å²) in [5.74, 6) is 0.473. The van der Waals surface area contributed by atoms with Gasteiger partial charge in [-0.2, -0.15) is 0 Å². The first kappa shape index (κ1) is 22.4. The highest BCUT2D eigenvalue weighted by Crippen LogP contribution is 2.26. The predicted molar refractivity (Wildman–Crippen MR) is 123 cm³/mol. The highest BCUT2D eigenvalue weighted by molar-refractivity contribution is 7.13. The fraction of sp³-hybridized carbons (Fsp3) is 0.583. The largest absolute Gasteiger partial charge is 0.465 e. The zero-order valence-electron chi connectivity index (χ0n) is 18.8. The molecule has 0 N–H and O–H groups in total. The summed E-state index contributed by atoms with van der Waals surface area (Å²) in [6.07, 6.45) is 3.21. The summed E-state index contributed by atoms with van der Waals surface area (Å²) in [7, 11) is 1.40. The zero-order valence-corrected chi connectivity index (χ0v) is 19.6. The van der Waals surface area contributed by atoms with Gasteiger partial charge in [-0.15, -0.1) is 11.3 Å². The smallest absolute Gasteiger partial charge is 0.337 e. The number of morpholine rings is 1. The molecule has 0 spiro atoms. The SMILES string of the molecule is COC(=O)c1ccc(-c2nc(CN3CCC(CN4CC(C)OC(C)C4)CC3)cs2)cc1. The first-order valence-electron chi connectivity index (χ1n) is 11.2. The Bertz CT molecular complexity index is 851. The fourth-order valence-corrected chi connectivity index (χ4v) is 5.55. The van der Waals surface area contributed by atoms with E-state index in [1.165, 1.54) is 26.5 Å². The molecule has 2 aromatic rings. The Kier molecular flexibility index (Phi) is 7.38. The molecular weight excluding hydrogens is 410 g/mol. The monoisotopic (exact) mass is 443 g/mol. The fourth-order valence-electron chi connectivity index (χ4n) is 4.73. The molecule has 0 amide bonds. The van der Waals surface area contributed by atoms with E-state index in [-0.39, 0.29) is 5.97 Å². The molecule has 2 unspecified atom stereocenters. The van der Waals surface area contributed by atoms with Gasteiger partial charge in [0, 0.05) is 37.1 Å². The topological polar surface area (TPSA) is 54.9 Å². The van der Waals surface area contributed by atoms with Crippen molar-refractivity contribution >= 4 is 17.3 Å². The Morgan fingerprint density at radius 3 is 2.45 bits per heavy atom. The molecule has 168 valence electrons. The van der Waals surface area contributed by atoms with Gasteiger partial charge in [0.1, 0.15) is 5.01 Å². The number of ether oxygens (including phenoxy) is 2. The van der Waals surface area contributed by atoms with Gasteiger partial charge in [0.05, 0.1) is 30.6 Å². The second-order valence-corrected chi connectivity index (χ2v) is 9.77. The van der Waals surface area contributed by atoms with Gasteiger partial charge < -0.3 is 9.47 Å². The highest BCUT2D eigenvalue weighted by atomic mass is 32.1. The Morgan fingerprint density at radius 2 is 1.81 bits per heavy atom. The molecule has 4 rings (SSSR count). The van der Waals surface area contributed by atoms with E-state index < -0.39 is 0 Å². The van der Waals surface area contributed by atoms with Gasteiger partial charge in [-0.25, -0.2) is 9.78 Å². The molecule has 7 heteroatoms. The lowest BCUT2D eigenvalue weighted by Gasteiger charge is -2.39. The maximum Gasteiger partial charge on any atom is 0.337 e. The molecule has 2 saturated heterocycles. The van der Waals surface area contributed by atoms with E-state index in [4.69, 9.17) is 14.5 Å². The third-order valence-electron chi connectivity index (χ3n) is 6.21. The molecule has 0 saturated carbocycles. The number of thiazole rings is 1. The lowest BCUT2D eigenvalue weighted by atomic mass is 9.95. The zero-order chi connectivity index (χ0) is 21.8. The summed E-state index contributed by atoms with van der Waals surface area (Å²) in [4.78, 5) is 21.6. The molecule has 3 heterocycles. The van der Waals surface area contributed by atoms with Crippen molar-refractivity contribution in [2.24, 2.45) is 5.92 Å². The van der Waals surface area contributed by atoms with Crippen molar-refractivity contribution in [3.05, 3.63) is 40.9 Å². The predicted octanol–water partition coefficient (Wildman–Crippen LogP) is 3.92. The molecule has 6 nitrogen and oxygen atoms in total. The number of carbonyl (C=O) groups is 1. The maximum absolute atomic E-state index is 11.6. The van der Waals surface area contributed by atoms with E-state index in [1.807, 2.05) is 12.1 Å². The van der Waals surface area contributed by atoms with Crippen LogP contribution >= 0.6 is 11.3 Å². The third kappa shape index (κ3) is 5.92. The Morgan fingerprint density at radius 1 is 1.13 bits per heavy atom. The minimum Gasteiger partial charge on any atom is -0.465 e. The summed E-state index contributed by atoms with van der Waals surface area (Å²) in [5.41, 5.74) is 2.73. The summed E-state index contributed by atoms with van der Waals surface area (Å²) in [5, 5.41) is 3.16. The molecule has 0 bridgehead atoms. The van der Waals surface area contributed by atoms with E-state index in [1.54, 1.807) is 23.5 Å². The minimum atomic E-state index is -0.313. The summed E-state index contributed by atoms with van der Waals surface area (Å²) in [6, 6.07) is 7.47. The van der Waals surface area contributed by atoms with Crippen LogP contribution in [0.25, 0.3) is 10.6 Å². The molecule has 31 heavy (non-hydrogen) atoms. The van der Waals surface area contributed by atoms with E-state index in [9.17, 15) is 4.79 Å². The lowest BCUT2D eigenvalue weighted by molar-refractivity contribution is -0.0732. The molecule has 0 aliphatic carbocycles. The van der Waals surface area contributed by atoms with Gasteiger partial charge in [0.25, 0.3) is 0 Å². The number of hydrogen-bond acceptors (Lipinski definition) is 7. The number of esters is 1. The number of piperidine rings is 1. The number of hydrogen-bond donors (Lipinski definition) is 0. The van der Waals surface area contributed by atoms with Crippen LogP contribution in [-0.4, -0.2) is 72.8 Å². The number of carbonyl (C=O) groups excluding carboxylic acids is 1. The van der Waals surface area contributed by atoms with E-state index in [0.29, 0.717) is 17.8 Å². The van der Waals surface area contributed by atoms with E-state index >= 15 is 0 Å². The van der Waals surface area contributed by atoms with Crippen LogP contribution in [0.4, 0.5) is 0 Å². The third-order valence-corrected chi connectivity index (χ3v) is 7.15. The Balaban J connectivity index is 1.26. The number of benzene rings is 1. The molecule has 1 aromatic heterocycles. The normalized spacial score (nSPS) is 23.7. The standard InChI is InChI=1S/C24H33N3O3S/c1-17-12-27(13-18(2)30-17)14-19-8-10-26(11-9-19)15-22-16-31-23(25-22)20-4-6-21(7-5-20)24(28)29-3/h4-7,16-19H,8-15H2,1-3H3. The average molecular weight is 444 g/mol. The molecule has 2 fully saturated rings. The second kappa shape index (κ2) is 10.2. The van der Waals surface area contributed by atoms with Crippen molar-refractivity contribution in [2.45, 2.75) is 45.4 Å². The Hall–Kier alpha value is -1.80. The van der Waals surface area contributed by atoms with Gasteiger partial charge in [0.15, 0.2) is 0 Å². The highest BCUT2D eigenvalue weighted by Gasteiger charge is 2.26. The summed E-state index contributed by atoms with van der Waals surface area (Å²) in [6.45, 7) is 10.9. The average Bonchev–Trinajstić information content (AvgIpc) is 3.22. The van der Waals surface area contributed by atoms with Gasteiger partial charge >= 0.3 is 5.97 Å². The van der Waals surface area contributed by atoms with Crippen molar-refractivity contribution in [3.63, 3.8) is 0 Å². The van der Waals surface area contributed by atoms with Crippen LogP contribution in [0, 0.1) is 5.92 Å². The molecule has 2 aliphatic rings. The van der Waals surface area contributed by atoms with Gasteiger partial charge in [0.2, 0.25) is 0 Å². The van der Waals surface area contributed by atoms with Crippen molar-refractivity contribution < 1.29 is 14.3 Å². The van der Waals surface area contributed by atoms with Gasteiger partial charge in [-0.3, -0.25) is 9.80 Å². The Labute approximate surface area is 189 Å². The maximum atomic E-state index is 11.6. The first-order chi connectivity index (χ1) is 15.0. The molecule has 2 aliphatic heterocycles. The molecule has 1 aromatic carbocycles. The lowest BCUT2D eigenvalue weighted by Crippen LogP contribution is -2.48.